The Morgan fingerprint density at radius 2 is 0.973 bits per heavy atom. The summed E-state index contributed by atoms with van der Waals surface area (Å²) in [6.45, 7) is 4.59. The highest BCUT2D eigenvalue weighted by molar-refractivity contribution is 5.87. The normalized spacial score (nSPS) is 10.9. The molecule has 0 radical (unpaired) electrons. The van der Waals surface area contributed by atoms with E-state index >= 15 is 0 Å². The van der Waals surface area contributed by atoms with E-state index in [2.05, 4.69) is 24.6 Å². The number of unbranched alkanes of at least 4 members (excludes halogenated alkanes) is 19. The van der Waals surface area contributed by atoms with Gasteiger partial charge >= 0.3 is 0 Å². The zero-order valence-electron chi connectivity index (χ0n) is 24.4. The Morgan fingerprint density at radius 3 is 1.41 bits per heavy atom. The van der Waals surface area contributed by atoms with Gasteiger partial charge in [0.15, 0.2) is 0 Å². The van der Waals surface area contributed by atoms with Crippen LogP contribution in [0.3, 0.4) is 0 Å². The van der Waals surface area contributed by atoms with Gasteiger partial charge in [-0.1, -0.05) is 136 Å². The van der Waals surface area contributed by atoms with E-state index in [9.17, 15) is 14.4 Å². The Labute approximate surface area is 228 Å². The van der Waals surface area contributed by atoms with Gasteiger partial charge in [0.05, 0.1) is 6.54 Å². The van der Waals surface area contributed by atoms with Gasteiger partial charge in [-0.25, -0.2) is 5.01 Å². The maximum Gasteiger partial charge on any atom is 0.255 e. The van der Waals surface area contributed by atoms with Gasteiger partial charge < -0.3 is 11.1 Å². The van der Waals surface area contributed by atoms with Crippen molar-refractivity contribution < 1.29 is 14.4 Å². The smallest absolute Gasteiger partial charge is 0.255 e. The van der Waals surface area contributed by atoms with Crippen LogP contribution in [-0.4, -0.2) is 42.4 Å². The second kappa shape index (κ2) is 27.4. The lowest BCUT2D eigenvalue weighted by atomic mass is 10.0. The molecule has 0 unspecified atom stereocenters. The molecule has 218 valence electrons. The molecule has 0 aromatic carbocycles. The quantitative estimate of drug-likeness (QED) is 0.0882. The first-order valence-corrected chi connectivity index (χ1v) is 15.6. The average Bonchev–Trinajstić information content (AvgIpc) is 2.89. The van der Waals surface area contributed by atoms with E-state index in [0.717, 1.165) is 37.1 Å². The fourth-order valence-electron chi connectivity index (χ4n) is 4.50. The number of hydrogen-bond donors (Lipinski definition) is 3. The van der Waals surface area contributed by atoms with Crippen molar-refractivity contribution in [2.75, 3.05) is 19.6 Å². The van der Waals surface area contributed by atoms with Gasteiger partial charge in [0.25, 0.3) is 5.91 Å². The molecule has 0 fully saturated rings. The van der Waals surface area contributed by atoms with Crippen molar-refractivity contribution >= 4 is 17.7 Å². The molecule has 0 aromatic heterocycles. The van der Waals surface area contributed by atoms with Crippen LogP contribution in [0.1, 0.15) is 155 Å². The highest BCUT2D eigenvalue weighted by atomic mass is 16.2. The Morgan fingerprint density at radius 1 is 0.568 bits per heavy atom. The Kier molecular flexibility index (Phi) is 26.2. The SMILES string of the molecule is CCCCCCCCCCCCCCCCCC(=O)NN(CC(=O)NCCCCCCCC)C(=O)CN. The van der Waals surface area contributed by atoms with Crippen LogP contribution in [0.4, 0.5) is 0 Å². The summed E-state index contributed by atoms with van der Waals surface area (Å²) in [5, 5.41) is 3.89. The maximum absolute atomic E-state index is 12.3. The number of nitrogens with one attached hydrogen (secondary N) is 2. The van der Waals surface area contributed by atoms with Crippen LogP contribution < -0.4 is 16.5 Å². The molecular formula is C30H60N4O3. The zero-order valence-corrected chi connectivity index (χ0v) is 24.4. The third-order valence-electron chi connectivity index (χ3n) is 6.90. The molecule has 4 N–H and O–H groups in total. The summed E-state index contributed by atoms with van der Waals surface area (Å²) in [5.41, 5.74) is 8.04. The molecule has 0 saturated heterocycles. The minimum absolute atomic E-state index is 0.198. The molecule has 0 aliphatic rings. The molecule has 0 bridgehead atoms. The lowest BCUT2D eigenvalue weighted by molar-refractivity contribution is -0.143. The molecule has 0 heterocycles. The molecule has 37 heavy (non-hydrogen) atoms. The van der Waals surface area contributed by atoms with Gasteiger partial charge in [0.2, 0.25) is 11.8 Å². The maximum atomic E-state index is 12.3. The second-order valence-electron chi connectivity index (χ2n) is 10.5. The standard InChI is InChI=1S/C30H60N4O3/c1-3-5-7-9-11-12-13-14-15-16-17-18-19-20-22-24-28(35)33-34(30(37)26-31)27-29(36)32-25-23-21-10-8-6-4-2/h3-27,31H2,1-2H3,(H,32,36)(H,33,35). The molecule has 0 aliphatic heterocycles. The van der Waals surface area contributed by atoms with E-state index in [4.69, 9.17) is 5.73 Å². The summed E-state index contributed by atoms with van der Waals surface area (Å²) in [7, 11) is 0. The topological polar surface area (TPSA) is 105 Å². The molecule has 0 aliphatic carbocycles. The number of nitrogens with two attached hydrogens (primary N) is 1. The van der Waals surface area contributed by atoms with Crippen molar-refractivity contribution in [2.24, 2.45) is 5.73 Å². The van der Waals surface area contributed by atoms with E-state index in [0.29, 0.717) is 13.0 Å². The summed E-state index contributed by atoms with van der Waals surface area (Å²) in [4.78, 5) is 36.6. The fraction of sp³-hybridized carbons (Fsp3) is 0.900. The Hall–Kier alpha value is -1.63. The molecule has 0 saturated carbocycles. The van der Waals surface area contributed by atoms with Gasteiger partial charge in [-0.3, -0.25) is 19.8 Å². The highest BCUT2D eigenvalue weighted by Gasteiger charge is 2.18. The predicted octanol–water partition coefficient (Wildman–Crippen LogP) is 6.54. The summed E-state index contributed by atoms with van der Waals surface area (Å²) in [6, 6.07) is 0. The lowest BCUT2D eigenvalue weighted by Gasteiger charge is -2.22. The van der Waals surface area contributed by atoms with Crippen LogP contribution in [0, 0.1) is 0 Å². The summed E-state index contributed by atoms with van der Waals surface area (Å²) in [6.07, 6.45) is 26.4. The van der Waals surface area contributed by atoms with Crippen molar-refractivity contribution in [3.8, 4) is 0 Å². The van der Waals surface area contributed by atoms with E-state index in [1.54, 1.807) is 0 Å². The van der Waals surface area contributed by atoms with E-state index in [1.165, 1.54) is 103 Å². The number of rotatable bonds is 26. The minimum Gasteiger partial charge on any atom is -0.354 e. The third-order valence-corrected chi connectivity index (χ3v) is 6.90. The van der Waals surface area contributed by atoms with Gasteiger partial charge in [0.1, 0.15) is 6.54 Å². The Balaban J connectivity index is 3.78. The molecule has 0 spiro atoms. The van der Waals surface area contributed by atoms with E-state index in [1.807, 2.05) is 0 Å². The largest absolute Gasteiger partial charge is 0.354 e. The molecule has 0 rings (SSSR count). The molecule has 0 atom stereocenters. The average molecular weight is 525 g/mol. The first-order valence-electron chi connectivity index (χ1n) is 15.6. The van der Waals surface area contributed by atoms with Crippen LogP contribution in [0.25, 0.3) is 0 Å². The van der Waals surface area contributed by atoms with Crippen LogP contribution in [-0.2, 0) is 14.4 Å². The number of hydrazine groups is 1. The first kappa shape index (κ1) is 35.4. The predicted molar refractivity (Wildman–Crippen MR) is 155 cm³/mol. The van der Waals surface area contributed by atoms with Crippen molar-refractivity contribution in [1.82, 2.24) is 15.8 Å². The number of carbonyl (C=O) groups excluding carboxylic acids is 3. The Bertz CT molecular complexity index is 557. The lowest BCUT2D eigenvalue weighted by Crippen LogP contribution is -2.52. The van der Waals surface area contributed by atoms with Crippen molar-refractivity contribution in [3.63, 3.8) is 0 Å². The van der Waals surface area contributed by atoms with Gasteiger partial charge in [-0.05, 0) is 12.8 Å². The number of nitrogens with zero attached hydrogens (tertiary/aromatic N) is 1. The van der Waals surface area contributed by atoms with Crippen molar-refractivity contribution in [1.29, 1.82) is 0 Å². The number of hydrogen-bond acceptors (Lipinski definition) is 4. The minimum atomic E-state index is -0.459. The molecule has 7 nitrogen and oxygen atoms in total. The summed E-state index contributed by atoms with van der Waals surface area (Å²) >= 11 is 0. The fourth-order valence-corrected chi connectivity index (χ4v) is 4.50. The van der Waals surface area contributed by atoms with Crippen LogP contribution in [0.2, 0.25) is 0 Å². The van der Waals surface area contributed by atoms with Gasteiger partial charge in [0, 0.05) is 13.0 Å². The summed E-state index contributed by atoms with van der Waals surface area (Å²) in [5.74, 6) is -0.970. The van der Waals surface area contributed by atoms with E-state index in [-0.39, 0.29) is 24.9 Å². The van der Waals surface area contributed by atoms with E-state index < -0.39 is 5.91 Å². The van der Waals surface area contributed by atoms with Gasteiger partial charge in [-0.15, -0.1) is 0 Å². The number of carbonyl (C=O) groups is 3. The summed E-state index contributed by atoms with van der Waals surface area (Å²) < 4.78 is 0. The van der Waals surface area contributed by atoms with Crippen LogP contribution in [0.15, 0.2) is 0 Å². The molecule has 7 heteroatoms. The third kappa shape index (κ3) is 24.5. The monoisotopic (exact) mass is 524 g/mol. The zero-order chi connectivity index (χ0) is 27.4. The molecular weight excluding hydrogens is 464 g/mol. The number of amides is 3. The van der Waals surface area contributed by atoms with Crippen molar-refractivity contribution in [3.05, 3.63) is 0 Å². The molecule has 0 aromatic rings. The second-order valence-corrected chi connectivity index (χ2v) is 10.5. The van der Waals surface area contributed by atoms with Gasteiger partial charge in [-0.2, -0.15) is 0 Å². The highest BCUT2D eigenvalue weighted by Crippen LogP contribution is 2.13. The first-order chi connectivity index (χ1) is 18.0. The van der Waals surface area contributed by atoms with Crippen LogP contribution in [0.5, 0.6) is 0 Å². The van der Waals surface area contributed by atoms with Crippen LogP contribution >= 0.6 is 0 Å². The van der Waals surface area contributed by atoms with Crippen molar-refractivity contribution in [2.45, 2.75) is 155 Å². The molecule has 3 amide bonds.